The molecule has 0 saturated carbocycles. The number of ether oxygens (including phenoxy) is 2. The SMILES string of the molecule is CC(=O)NCCCCCC(=O)NCc1ccc(C2OC(CN(C)C(C)C(O)c3ccccc3)C(C)C(c3ccc(CO)cc3)O2)cc1. The lowest BCUT2D eigenvalue weighted by atomic mass is 9.89. The molecule has 2 amide bonds. The third-order valence-corrected chi connectivity index (χ3v) is 9.08. The molecule has 9 heteroatoms. The van der Waals surface area contributed by atoms with E-state index in [1.54, 1.807) is 0 Å². The van der Waals surface area contributed by atoms with Gasteiger partial charge in [-0.1, -0.05) is 92.2 Å². The van der Waals surface area contributed by atoms with Crippen LogP contribution in [0.4, 0.5) is 0 Å². The van der Waals surface area contributed by atoms with Crippen LogP contribution in [0.25, 0.3) is 0 Å². The van der Waals surface area contributed by atoms with Gasteiger partial charge in [0.15, 0.2) is 6.29 Å². The van der Waals surface area contributed by atoms with Crippen LogP contribution >= 0.6 is 0 Å². The second-order valence-electron chi connectivity index (χ2n) is 12.7. The summed E-state index contributed by atoms with van der Waals surface area (Å²) in [5, 5.41) is 26.4. The number of aliphatic hydroxyl groups is 2. The van der Waals surface area contributed by atoms with E-state index in [0.29, 0.717) is 26.1 Å². The van der Waals surface area contributed by atoms with Crippen LogP contribution in [-0.2, 0) is 32.2 Å². The van der Waals surface area contributed by atoms with Crippen molar-refractivity contribution >= 4 is 11.8 Å². The zero-order valence-corrected chi connectivity index (χ0v) is 28.1. The number of carbonyl (C=O) groups is 2. The quantitative estimate of drug-likeness (QED) is 0.155. The van der Waals surface area contributed by atoms with Gasteiger partial charge in [0.1, 0.15) is 0 Å². The smallest absolute Gasteiger partial charge is 0.220 e. The lowest BCUT2D eigenvalue weighted by Gasteiger charge is -2.43. The van der Waals surface area contributed by atoms with E-state index in [2.05, 4.69) is 22.5 Å². The van der Waals surface area contributed by atoms with E-state index in [1.807, 2.05) is 92.8 Å². The molecule has 0 aliphatic carbocycles. The number of unbranched alkanes of at least 4 members (excludes halogenated alkanes) is 2. The van der Waals surface area contributed by atoms with E-state index < -0.39 is 12.4 Å². The molecular weight excluding hydrogens is 594 g/mol. The second-order valence-corrected chi connectivity index (χ2v) is 12.7. The summed E-state index contributed by atoms with van der Waals surface area (Å²) in [6.45, 7) is 7.31. The standard InChI is InChI=1S/C38H51N3O6/c1-26-34(24-41(4)27(2)36(45)31-11-7-5-8-12-31)46-38(47-37(26)32-18-16-30(25-42)17-19-32)33-20-14-29(15-21-33)23-40-35(44)13-9-6-10-22-39-28(3)43/h5,7-8,11-12,14-21,26-27,34,36-38,42,45H,6,9-10,13,22-25H2,1-4H3,(H,39,43)(H,40,44). The van der Waals surface area contributed by atoms with E-state index in [4.69, 9.17) is 9.47 Å². The number of hydrogen-bond acceptors (Lipinski definition) is 7. The highest BCUT2D eigenvalue weighted by Gasteiger charge is 2.39. The first-order valence-electron chi connectivity index (χ1n) is 16.7. The van der Waals surface area contributed by atoms with Crippen molar-refractivity contribution < 1.29 is 29.3 Å². The van der Waals surface area contributed by atoms with Gasteiger partial charge < -0.3 is 30.3 Å². The van der Waals surface area contributed by atoms with Gasteiger partial charge >= 0.3 is 0 Å². The average molecular weight is 646 g/mol. The monoisotopic (exact) mass is 645 g/mol. The third kappa shape index (κ3) is 10.7. The van der Waals surface area contributed by atoms with Crippen LogP contribution in [-0.4, -0.2) is 59.2 Å². The molecule has 1 saturated heterocycles. The highest BCUT2D eigenvalue weighted by Crippen LogP contribution is 2.42. The summed E-state index contributed by atoms with van der Waals surface area (Å²) in [5.74, 6) is -0.0135. The number of carbonyl (C=O) groups excluding carboxylic acids is 2. The molecule has 3 aromatic carbocycles. The van der Waals surface area contributed by atoms with Crippen molar-refractivity contribution in [3.8, 4) is 0 Å². The lowest BCUT2D eigenvalue weighted by molar-refractivity contribution is -0.276. The first-order chi connectivity index (χ1) is 22.7. The van der Waals surface area contributed by atoms with E-state index in [1.165, 1.54) is 6.92 Å². The molecule has 3 aromatic rings. The summed E-state index contributed by atoms with van der Waals surface area (Å²) in [4.78, 5) is 25.4. The van der Waals surface area contributed by atoms with Crippen LogP contribution in [0.5, 0.6) is 0 Å². The number of hydrogen-bond donors (Lipinski definition) is 4. The second kappa shape index (κ2) is 18.1. The molecule has 4 rings (SSSR count). The van der Waals surface area contributed by atoms with Gasteiger partial charge in [0.05, 0.1) is 24.9 Å². The van der Waals surface area contributed by atoms with Crippen molar-refractivity contribution in [2.75, 3.05) is 20.1 Å². The molecule has 0 bridgehead atoms. The first-order valence-corrected chi connectivity index (χ1v) is 16.7. The van der Waals surface area contributed by atoms with Crippen molar-refractivity contribution in [2.24, 2.45) is 5.92 Å². The third-order valence-electron chi connectivity index (χ3n) is 9.08. The Bertz CT molecular complexity index is 1380. The topological polar surface area (TPSA) is 120 Å². The maximum Gasteiger partial charge on any atom is 0.220 e. The maximum atomic E-state index is 12.4. The molecule has 4 N–H and O–H groups in total. The minimum Gasteiger partial charge on any atom is -0.392 e. The van der Waals surface area contributed by atoms with Gasteiger partial charge in [-0.15, -0.1) is 0 Å². The number of nitrogens with one attached hydrogen (secondary N) is 2. The Morgan fingerprint density at radius 1 is 0.872 bits per heavy atom. The fraction of sp³-hybridized carbons (Fsp3) is 0.474. The van der Waals surface area contributed by atoms with Crippen molar-refractivity contribution in [2.45, 2.75) is 90.2 Å². The fourth-order valence-corrected chi connectivity index (χ4v) is 5.88. The summed E-state index contributed by atoms with van der Waals surface area (Å²) in [6.07, 6.45) is 1.30. The van der Waals surface area contributed by atoms with Gasteiger partial charge in [-0.05, 0) is 49.1 Å². The highest BCUT2D eigenvalue weighted by molar-refractivity contribution is 5.75. The highest BCUT2D eigenvalue weighted by atomic mass is 16.7. The van der Waals surface area contributed by atoms with Gasteiger partial charge in [-0.25, -0.2) is 0 Å². The molecule has 1 heterocycles. The van der Waals surface area contributed by atoms with Crippen molar-refractivity contribution in [1.29, 1.82) is 0 Å². The molecule has 47 heavy (non-hydrogen) atoms. The molecule has 1 aliphatic rings. The normalized spacial score (nSPS) is 20.8. The average Bonchev–Trinajstić information content (AvgIpc) is 3.09. The van der Waals surface area contributed by atoms with Gasteiger partial charge in [-0.2, -0.15) is 0 Å². The van der Waals surface area contributed by atoms with E-state index in [0.717, 1.165) is 47.1 Å². The van der Waals surface area contributed by atoms with Crippen LogP contribution in [0.15, 0.2) is 78.9 Å². The lowest BCUT2D eigenvalue weighted by Crippen LogP contribution is -2.46. The Morgan fingerprint density at radius 2 is 1.53 bits per heavy atom. The zero-order chi connectivity index (χ0) is 33.8. The van der Waals surface area contributed by atoms with Crippen LogP contribution in [0.1, 0.15) is 92.8 Å². The molecule has 1 aliphatic heterocycles. The molecule has 6 atom stereocenters. The summed E-state index contributed by atoms with van der Waals surface area (Å²) in [6, 6.07) is 25.4. The largest absolute Gasteiger partial charge is 0.392 e. The Morgan fingerprint density at radius 3 is 2.19 bits per heavy atom. The Hall–Kier alpha value is -3.60. The number of likely N-dealkylation sites (N-methyl/N-ethyl adjacent to an activating group) is 1. The minimum atomic E-state index is -0.642. The van der Waals surface area contributed by atoms with Crippen LogP contribution in [0, 0.1) is 5.92 Å². The van der Waals surface area contributed by atoms with Gasteiger partial charge in [0.2, 0.25) is 11.8 Å². The number of amides is 2. The fourth-order valence-electron chi connectivity index (χ4n) is 5.88. The maximum absolute atomic E-state index is 12.4. The predicted octanol–water partition coefficient (Wildman–Crippen LogP) is 5.34. The van der Waals surface area contributed by atoms with Crippen molar-refractivity contribution in [3.05, 3.63) is 107 Å². The molecule has 9 nitrogen and oxygen atoms in total. The van der Waals surface area contributed by atoms with Gasteiger partial charge in [-0.3, -0.25) is 14.5 Å². The summed E-state index contributed by atoms with van der Waals surface area (Å²) < 4.78 is 13.2. The number of rotatable bonds is 16. The van der Waals surface area contributed by atoms with Crippen molar-refractivity contribution in [3.63, 3.8) is 0 Å². The van der Waals surface area contributed by atoms with E-state index >= 15 is 0 Å². The van der Waals surface area contributed by atoms with E-state index in [-0.39, 0.29) is 42.6 Å². The molecule has 1 fully saturated rings. The number of benzene rings is 3. The molecule has 0 radical (unpaired) electrons. The van der Waals surface area contributed by atoms with Crippen LogP contribution < -0.4 is 10.6 Å². The summed E-state index contributed by atoms with van der Waals surface area (Å²) in [7, 11) is 2.01. The summed E-state index contributed by atoms with van der Waals surface area (Å²) in [5.41, 5.74) is 4.60. The molecule has 0 spiro atoms. The molecular formula is C38H51N3O6. The number of nitrogens with zero attached hydrogens (tertiary/aromatic N) is 1. The first kappa shape index (κ1) is 36.2. The molecule has 0 aromatic heterocycles. The molecule has 6 unspecified atom stereocenters. The zero-order valence-electron chi connectivity index (χ0n) is 28.1. The van der Waals surface area contributed by atoms with Crippen LogP contribution in [0.3, 0.4) is 0 Å². The van der Waals surface area contributed by atoms with Gasteiger partial charge in [0.25, 0.3) is 0 Å². The minimum absolute atomic E-state index is 0.00892. The Labute approximate surface area is 279 Å². The number of aliphatic hydroxyl groups excluding tert-OH is 2. The predicted molar refractivity (Wildman–Crippen MR) is 182 cm³/mol. The van der Waals surface area contributed by atoms with Gasteiger partial charge in [0, 0.05) is 50.5 Å². The summed E-state index contributed by atoms with van der Waals surface area (Å²) >= 11 is 0. The Kier molecular flexibility index (Phi) is 13.9. The Balaban J connectivity index is 1.40. The van der Waals surface area contributed by atoms with E-state index in [9.17, 15) is 19.8 Å². The van der Waals surface area contributed by atoms with Crippen LogP contribution in [0.2, 0.25) is 0 Å². The van der Waals surface area contributed by atoms with Crippen molar-refractivity contribution in [1.82, 2.24) is 15.5 Å². The molecule has 254 valence electrons.